The van der Waals surface area contributed by atoms with Crippen LogP contribution in [0.4, 0.5) is 5.69 Å². The maximum atomic E-state index is 12.3. The smallest absolute Gasteiger partial charge is 0.265 e. The topological polar surface area (TPSA) is 87.5 Å². The molecule has 0 aliphatic heterocycles. The van der Waals surface area contributed by atoms with Crippen molar-refractivity contribution in [3.63, 3.8) is 0 Å². The van der Waals surface area contributed by atoms with Gasteiger partial charge in [0.1, 0.15) is 12.3 Å². The summed E-state index contributed by atoms with van der Waals surface area (Å²) in [6, 6.07) is 16.7. The summed E-state index contributed by atoms with van der Waals surface area (Å²) < 4.78 is 28.5. The number of benzene rings is 2. The quantitative estimate of drug-likeness (QED) is 0.748. The van der Waals surface area contributed by atoms with Crippen LogP contribution in [-0.2, 0) is 14.6 Å². The first-order valence-electron chi connectivity index (χ1n) is 7.07. The molecule has 2 aromatic rings. The molecule has 0 saturated carbocycles. The lowest BCUT2D eigenvalue weighted by Gasteiger charge is -2.19. The fraction of sp³-hybridized carbons (Fsp3) is 0.176. The molecule has 0 aliphatic carbocycles. The van der Waals surface area contributed by atoms with Crippen molar-refractivity contribution in [1.29, 1.82) is 5.26 Å². The lowest BCUT2D eigenvalue weighted by molar-refractivity contribution is -0.120. The molecule has 24 heavy (non-hydrogen) atoms. The number of nitriles is 1. The zero-order valence-corrected chi connectivity index (χ0v) is 13.9. The zero-order valence-electron chi connectivity index (χ0n) is 13.0. The Morgan fingerprint density at radius 1 is 1.17 bits per heavy atom. The van der Waals surface area contributed by atoms with Gasteiger partial charge in [-0.15, -0.1) is 0 Å². The first-order chi connectivity index (χ1) is 11.4. The van der Waals surface area contributed by atoms with Crippen LogP contribution in [0, 0.1) is 11.3 Å². The molecule has 0 aromatic heterocycles. The SMILES string of the molecule is CS(=O)(=O)c1cccc(OCC(=O)N(CC#N)c2ccccc2)c1. The van der Waals surface area contributed by atoms with E-state index in [-0.39, 0.29) is 23.8 Å². The van der Waals surface area contributed by atoms with Crippen molar-refractivity contribution in [3.05, 3.63) is 54.6 Å². The average molecular weight is 344 g/mol. The molecule has 0 spiro atoms. The van der Waals surface area contributed by atoms with Gasteiger partial charge in [-0.25, -0.2) is 8.42 Å². The van der Waals surface area contributed by atoms with Crippen molar-refractivity contribution in [1.82, 2.24) is 0 Å². The summed E-state index contributed by atoms with van der Waals surface area (Å²) >= 11 is 0. The Balaban J connectivity index is 2.10. The van der Waals surface area contributed by atoms with Crippen LogP contribution in [0.2, 0.25) is 0 Å². The maximum Gasteiger partial charge on any atom is 0.265 e. The molecule has 0 bridgehead atoms. The number of sulfone groups is 1. The minimum Gasteiger partial charge on any atom is -0.484 e. The predicted octanol–water partition coefficient (Wildman–Crippen LogP) is 2.03. The summed E-state index contributed by atoms with van der Waals surface area (Å²) in [4.78, 5) is 13.7. The van der Waals surface area contributed by atoms with Crippen LogP contribution in [0.1, 0.15) is 0 Å². The van der Waals surface area contributed by atoms with E-state index in [4.69, 9.17) is 10.00 Å². The monoisotopic (exact) mass is 344 g/mol. The molecule has 0 heterocycles. The Hall–Kier alpha value is -2.85. The van der Waals surface area contributed by atoms with Crippen LogP contribution in [0.25, 0.3) is 0 Å². The van der Waals surface area contributed by atoms with Gasteiger partial charge in [-0.1, -0.05) is 24.3 Å². The summed E-state index contributed by atoms with van der Waals surface area (Å²) in [5.74, 6) is -0.122. The number of carbonyl (C=O) groups is 1. The predicted molar refractivity (Wildman–Crippen MR) is 89.5 cm³/mol. The normalized spacial score (nSPS) is 10.7. The van der Waals surface area contributed by atoms with Crippen LogP contribution in [0.5, 0.6) is 5.75 Å². The van der Waals surface area contributed by atoms with Gasteiger partial charge in [0.2, 0.25) is 0 Å². The molecule has 2 rings (SSSR count). The minimum atomic E-state index is -3.35. The Kier molecular flexibility index (Phi) is 5.55. The average Bonchev–Trinajstić information content (AvgIpc) is 2.58. The molecule has 2 aromatic carbocycles. The number of anilines is 1. The third kappa shape index (κ3) is 4.57. The van der Waals surface area contributed by atoms with Gasteiger partial charge in [0, 0.05) is 11.9 Å². The van der Waals surface area contributed by atoms with Crippen molar-refractivity contribution in [2.24, 2.45) is 0 Å². The first-order valence-corrected chi connectivity index (χ1v) is 8.96. The van der Waals surface area contributed by atoms with Crippen molar-refractivity contribution < 1.29 is 17.9 Å². The zero-order chi connectivity index (χ0) is 17.6. The third-order valence-electron chi connectivity index (χ3n) is 3.19. The number of rotatable bonds is 6. The highest BCUT2D eigenvalue weighted by atomic mass is 32.2. The van der Waals surface area contributed by atoms with Gasteiger partial charge < -0.3 is 4.74 Å². The molecule has 6 nitrogen and oxygen atoms in total. The molecular formula is C17H16N2O4S. The molecule has 7 heteroatoms. The van der Waals surface area contributed by atoms with Gasteiger partial charge in [-0.3, -0.25) is 9.69 Å². The van der Waals surface area contributed by atoms with E-state index < -0.39 is 15.7 Å². The summed E-state index contributed by atoms with van der Waals surface area (Å²) in [5.41, 5.74) is 0.595. The lowest BCUT2D eigenvalue weighted by Crippen LogP contribution is -2.35. The number of para-hydroxylation sites is 1. The number of hydrogen-bond donors (Lipinski definition) is 0. The van der Waals surface area contributed by atoms with E-state index >= 15 is 0 Å². The molecule has 1 amide bonds. The van der Waals surface area contributed by atoms with Gasteiger partial charge >= 0.3 is 0 Å². The molecule has 0 N–H and O–H groups in total. The Labute approximate surface area is 140 Å². The maximum absolute atomic E-state index is 12.3. The molecule has 0 aliphatic rings. The summed E-state index contributed by atoms with van der Waals surface area (Å²) in [6.45, 7) is -0.403. The van der Waals surface area contributed by atoms with E-state index in [1.54, 1.807) is 36.4 Å². The fourth-order valence-corrected chi connectivity index (χ4v) is 2.68. The Morgan fingerprint density at radius 2 is 1.88 bits per heavy atom. The molecule has 0 unspecified atom stereocenters. The van der Waals surface area contributed by atoms with E-state index in [1.165, 1.54) is 17.0 Å². The number of amides is 1. The van der Waals surface area contributed by atoms with Gasteiger partial charge in [-0.05, 0) is 30.3 Å². The first kappa shape index (κ1) is 17.5. The lowest BCUT2D eigenvalue weighted by atomic mass is 10.3. The van der Waals surface area contributed by atoms with Crippen molar-refractivity contribution in [2.45, 2.75) is 4.90 Å². The molecule has 0 saturated heterocycles. The second kappa shape index (κ2) is 7.62. The highest BCUT2D eigenvalue weighted by molar-refractivity contribution is 7.90. The number of ether oxygens (including phenoxy) is 1. The van der Waals surface area contributed by atoms with Gasteiger partial charge in [0.25, 0.3) is 5.91 Å². The highest BCUT2D eigenvalue weighted by Gasteiger charge is 2.16. The highest BCUT2D eigenvalue weighted by Crippen LogP contribution is 2.18. The van der Waals surface area contributed by atoms with E-state index in [9.17, 15) is 13.2 Å². The fourth-order valence-electron chi connectivity index (χ4n) is 2.02. The van der Waals surface area contributed by atoms with Crippen molar-refractivity contribution in [2.75, 3.05) is 24.3 Å². The van der Waals surface area contributed by atoms with Crippen molar-refractivity contribution >= 4 is 21.4 Å². The standard InChI is InChI=1S/C17H16N2O4S/c1-24(21,22)16-9-5-8-15(12-16)23-13-17(20)19(11-10-18)14-6-3-2-4-7-14/h2-9,12H,11,13H2,1H3. The molecule has 0 radical (unpaired) electrons. The summed E-state index contributed by atoms with van der Waals surface area (Å²) in [7, 11) is -3.35. The van der Waals surface area contributed by atoms with Gasteiger partial charge in [0.15, 0.2) is 16.4 Å². The molecule has 0 atom stereocenters. The van der Waals surface area contributed by atoms with E-state index in [0.29, 0.717) is 5.69 Å². The number of carbonyl (C=O) groups excluding carboxylic acids is 1. The minimum absolute atomic E-state index is 0.102. The van der Waals surface area contributed by atoms with Crippen LogP contribution in [0.15, 0.2) is 59.5 Å². The Bertz CT molecular complexity index is 858. The summed E-state index contributed by atoms with van der Waals surface area (Å²) in [5, 5.41) is 8.91. The second-order valence-corrected chi connectivity index (χ2v) is 7.02. The van der Waals surface area contributed by atoms with E-state index in [2.05, 4.69) is 0 Å². The second-order valence-electron chi connectivity index (χ2n) is 5.01. The third-order valence-corrected chi connectivity index (χ3v) is 4.30. The van der Waals surface area contributed by atoms with Crippen LogP contribution >= 0.6 is 0 Å². The van der Waals surface area contributed by atoms with Crippen molar-refractivity contribution in [3.8, 4) is 11.8 Å². The van der Waals surface area contributed by atoms with Crippen LogP contribution in [0.3, 0.4) is 0 Å². The molecule has 0 fully saturated rings. The van der Waals surface area contributed by atoms with Gasteiger partial charge in [0.05, 0.1) is 11.0 Å². The molecule has 124 valence electrons. The van der Waals surface area contributed by atoms with Crippen LogP contribution < -0.4 is 9.64 Å². The summed E-state index contributed by atoms with van der Waals surface area (Å²) in [6.07, 6.45) is 1.10. The van der Waals surface area contributed by atoms with E-state index in [0.717, 1.165) is 6.26 Å². The largest absolute Gasteiger partial charge is 0.484 e. The van der Waals surface area contributed by atoms with E-state index in [1.807, 2.05) is 12.1 Å². The molecular weight excluding hydrogens is 328 g/mol. The van der Waals surface area contributed by atoms with Gasteiger partial charge in [-0.2, -0.15) is 5.26 Å². The number of nitrogens with zero attached hydrogens (tertiary/aromatic N) is 2. The number of hydrogen-bond acceptors (Lipinski definition) is 5. The van der Waals surface area contributed by atoms with Crippen LogP contribution in [-0.4, -0.2) is 33.7 Å². The Morgan fingerprint density at radius 3 is 2.50 bits per heavy atom.